The van der Waals surface area contributed by atoms with Crippen molar-refractivity contribution in [3.63, 3.8) is 0 Å². The molecule has 2 aromatic rings. The number of benzene rings is 2. The maximum Gasteiger partial charge on any atom is 0.247 e. The molecule has 1 aliphatic rings. The van der Waals surface area contributed by atoms with Gasteiger partial charge < -0.3 is 9.80 Å². The molecule has 1 heterocycles. The quantitative estimate of drug-likeness (QED) is 0.739. The van der Waals surface area contributed by atoms with Crippen LogP contribution in [0.1, 0.15) is 30.0 Å². The number of likely N-dealkylation sites (tertiary alicyclic amines) is 1. The molecule has 0 bridgehead atoms. The Hall–Kier alpha value is -2.64. The number of carbonyl (C=O) groups is 1. The van der Waals surface area contributed by atoms with E-state index in [4.69, 9.17) is 0 Å². The van der Waals surface area contributed by atoms with Gasteiger partial charge in [-0.25, -0.2) is 13.1 Å². The molecule has 1 unspecified atom stereocenters. The smallest absolute Gasteiger partial charge is 0.247 e. The number of anilines is 1. The van der Waals surface area contributed by atoms with E-state index in [2.05, 4.69) is 27.8 Å². The van der Waals surface area contributed by atoms with Gasteiger partial charge in [-0.15, -0.1) is 0 Å². The molecular weight excluding hydrogens is 386 g/mol. The van der Waals surface area contributed by atoms with Crippen LogP contribution in [0.2, 0.25) is 0 Å². The molecule has 1 fully saturated rings. The molecule has 3 rings (SSSR count). The van der Waals surface area contributed by atoms with Crippen LogP contribution < -0.4 is 9.62 Å². The lowest BCUT2D eigenvalue weighted by molar-refractivity contribution is -0.126. The highest BCUT2D eigenvalue weighted by atomic mass is 32.2. The van der Waals surface area contributed by atoms with E-state index in [0.717, 1.165) is 36.2 Å². The third kappa shape index (κ3) is 4.86. The molecule has 6 nitrogen and oxygen atoms in total. The highest BCUT2D eigenvalue weighted by Crippen LogP contribution is 2.33. The van der Waals surface area contributed by atoms with E-state index in [1.165, 1.54) is 19.2 Å². The molecule has 2 aromatic carbocycles. The number of rotatable bonds is 6. The van der Waals surface area contributed by atoms with Gasteiger partial charge in [0, 0.05) is 32.4 Å². The van der Waals surface area contributed by atoms with Crippen LogP contribution in [0.25, 0.3) is 6.08 Å². The van der Waals surface area contributed by atoms with E-state index in [1.54, 1.807) is 24.3 Å². The summed E-state index contributed by atoms with van der Waals surface area (Å²) in [4.78, 5) is 17.0. The van der Waals surface area contributed by atoms with Crippen molar-refractivity contribution in [2.75, 3.05) is 32.6 Å². The zero-order valence-electron chi connectivity index (χ0n) is 17.0. The Kier molecular flexibility index (Phi) is 6.39. The van der Waals surface area contributed by atoms with Crippen LogP contribution in [-0.4, -0.2) is 46.9 Å². The molecule has 1 aliphatic heterocycles. The Labute approximate surface area is 172 Å². The second-order valence-corrected chi connectivity index (χ2v) is 9.18. The summed E-state index contributed by atoms with van der Waals surface area (Å²) < 4.78 is 25.9. The van der Waals surface area contributed by atoms with Crippen LogP contribution in [0, 0.1) is 0 Å². The number of hydrogen-bond acceptors (Lipinski definition) is 4. The number of amides is 1. The number of hydrogen-bond donors (Lipinski definition) is 1. The molecule has 7 heteroatoms. The minimum Gasteiger partial charge on any atom is -0.378 e. The number of nitrogens with zero attached hydrogens (tertiary/aromatic N) is 2. The molecule has 0 aliphatic carbocycles. The molecule has 0 spiro atoms. The van der Waals surface area contributed by atoms with Gasteiger partial charge in [0.05, 0.1) is 10.9 Å². The van der Waals surface area contributed by atoms with E-state index in [9.17, 15) is 13.2 Å². The maximum absolute atomic E-state index is 12.8. The fourth-order valence-electron chi connectivity index (χ4n) is 3.53. The van der Waals surface area contributed by atoms with Crippen molar-refractivity contribution >= 4 is 27.7 Å². The highest BCUT2D eigenvalue weighted by Gasteiger charge is 2.28. The van der Waals surface area contributed by atoms with Crippen LogP contribution in [0.15, 0.2) is 59.5 Å². The number of nitrogens with one attached hydrogen (secondary N) is 1. The van der Waals surface area contributed by atoms with Crippen LogP contribution in [-0.2, 0) is 14.8 Å². The van der Waals surface area contributed by atoms with Gasteiger partial charge in [-0.05, 0) is 61.4 Å². The molecule has 29 heavy (non-hydrogen) atoms. The van der Waals surface area contributed by atoms with E-state index in [0.29, 0.717) is 0 Å². The molecule has 1 N–H and O–H groups in total. The van der Waals surface area contributed by atoms with Crippen molar-refractivity contribution in [3.05, 3.63) is 65.7 Å². The van der Waals surface area contributed by atoms with Gasteiger partial charge in [0.2, 0.25) is 15.9 Å². The van der Waals surface area contributed by atoms with Gasteiger partial charge in [0.15, 0.2) is 0 Å². The summed E-state index contributed by atoms with van der Waals surface area (Å²) >= 11 is 0. The van der Waals surface area contributed by atoms with E-state index in [1.807, 2.05) is 25.1 Å². The third-order valence-corrected chi connectivity index (χ3v) is 6.61. The Bertz CT molecular complexity index is 998. The lowest BCUT2D eigenvalue weighted by Gasteiger charge is -2.25. The molecular formula is C22H27N3O3S. The van der Waals surface area contributed by atoms with Crippen LogP contribution >= 0.6 is 0 Å². The highest BCUT2D eigenvalue weighted by molar-refractivity contribution is 7.89. The summed E-state index contributed by atoms with van der Waals surface area (Å²) in [6, 6.07) is 14.8. The minimum atomic E-state index is -3.46. The molecule has 154 valence electrons. The first-order valence-electron chi connectivity index (χ1n) is 9.61. The molecule has 1 saturated heterocycles. The molecule has 0 radical (unpaired) electrons. The summed E-state index contributed by atoms with van der Waals surface area (Å²) in [5, 5.41) is 0. The monoisotopic (exact) mass is 413 g/mol. The summed E-state index contributed by atoms with van der Waals surface area (Å²) in [6.45, 7) is 0.735. The van der Waals surface area contributed by atoms with Gasteiger partial charge >= 0.3 is 0 Å². The van der Waals surface area contributed by atoms with E-state index in [-0.39, 0.29) is 16.8 Å². The second kappa shape index (κ2) is 8.80. The van der Waals surface area contributed by atoms with Gasteiger partial charge in [0.1, 0.15) is 0 Å². The predicted octanol–water partition coefficient (Wildman–Crippen LogP) is 3.04. The van der Waals surface area contributed by atoms with Gasteiger partial charge in [-0.2, -0.15) is 0 Å². The van der Waals surface area contributed by atoms with Crippen molar-refractivity contribution in [2.24, 2.45) is 0 Å². The van der Waals surface area contributed by atoms with E-state index >= 15 is 0 Å². The van der Waals surface area contributed by atoms with Crippen molar-refractivity contribution in [1.82, 2.24) is 9.62 Å². The largest absolute Gasteiger partial charge is 0.378 e. The summed E-state index contributed by atoms with van der Waals surface area (Å²) in [6.07, 6.45) is 5.22. The molecule has 1 amide bonds. The van der Waals surface area contributed by atoms with Crippen molar-refractivity contribution in [1.29, 1.82) is 0 Å². The maximum atomic E-state index is 12.8. The fraction of sp³-hybridized carbons (Fsp3) is 0.318. The van der Waals surface area contributed by atoms with Gasteiger partial charge in [-0.1, -0.05) is 24.3 Å². The average molecular weight is 414 g/mol. The van der Waals surface area contributed by atoms with Crippen molar-refractivity contribution in [2.45, 2.75) is 23.8 Å². The SMILES string of the molecule is CNS(=O)(=O)c1ccc(/C=C/C(=O)N2CCCC2c2cccc(N(C)C)c2)cc1. The Morgan fingerprint density at radius 2 is 1.90 bits per heavy atom. The summed E-state index contributed by atoms with van der Waals surface area (Å²) in [5.41, 5.74) is 3.05. The predicted molar refractivity (Wildman–Crippen MR) is 116 cm³/mol. The zero-order valence-corrected chi connectivity index (χ0v) is 17.8. The second-order valence-electron chi connectivity index (χ2n) is 7.29. The summed E-state index contributed by atoms with van der Waals surface area (Å²) in [7, 11) is 1.93. The van der Waals surface area contributed by atoms with Crippen LogP contribution in [0.5, 0.6) is 0 Å². The van der Waals surface area contributed by atoms with Crippen LogP contribution in [0.3, 0.4) is 0 Å². The fourth-order valence-corrected chi connectivity index (χ4v) is 4.26. The van der Waals surface area contributed by atoms with Crippen molar-refractivity contribution < 1.29 is 13.2 Å². The number of carbonyl (C=O) groups excluding carboxylic acids is 1. The Morgan fingerprint density at radius 3 is 2.55 bits per heavy atom. The Morgan fingerprint density at radius 1 is 1.17 bits per heavy atom. The Balaban J connectivity index is 1.73. The zero-order chi connectivity index (χ0) is 21.0. The summed E-state index contributed by atoms with van der Waals surface area (Å²) in [5.74, 6) is -0.0327. The van der Waals surface area contributed by atoms with Gasteiger partial charge in [0.25, 0.3) is 0 Å². The first kappa shape index (κ1) is 21.1. The molecule has 0 saturated carbocycles. The number of sulfonamides is 1. The average Bonchev–Trinajstić information content (AvgIpc) is 3.22. The molecule has 0 aromatic heterocycles. The van der Waals surface area contributed by atoms with E-state index < -0.39 is 10.0 Å². The standard InChI is InChI=1S/C22H27N3O3S/c1-23-29(27,28)20-12-9-17(10-13-20)11-14-22(26)25-15-5-8-21(25)18-6-4-7-19(16-18)24(2)3/h4,6-7,9-14,16,21,23H,5,8,15H2,1-3H3/b14-11+. The van der Waals surface area contributed by atoms with Gasteiger partial charge in [-0.3, -0.25) is 4.79 Å². The lowest BCUT2D eigenvalue weighted by Crippen LogP contribution is -2.29. The lowest BCUT2D eigenvalue weighted by atomic mass is 10.0. The minimum absolute atomic E-state index is 0.0327. The third-order valence-electron chi connectivity index (χ3n) is 5.18. The van der Waals surface area contributed by atoms with Crippen molar-refractivity contribution in [3.8, 4) is 0 Å². The first-order chi connectivity index (χ1) is 13.8. The normalized spacial score (nSPS) is 17.1. The topological polar surface area (TPSA) is 69.7 Å². The first-order valence-corrected chi connectivity index (χ1v) is 11.1. The molecule has 1 atom stereocenters. The van der Waals surface area contributed by atoms with Crippen LogP contribution in [0.4, 0.5) is 5.69 Å².